The van der Waals surface area contributed by atoms with E-state index in [4.69, 9.17) is 17.3 Å². The Morgan fingerprint density at radius 3 is 2.47 bits per heavy atom. The van der Waals surface area contributed by atoms with E-state index in [-0.39, 0.29) is 31.1 Å². The highest BCUT2D eigenvalue weighted by atomic mass is 35.5. The maximum absolute atomic E-state index is 13.0. The van der Waals surface area contributed by atoms with Crippen molar-refractivity contribution in [3.63, 3.8) is 0 Å². The number of likely N-dealkylation sites (tertiary alicyclic amines) is 1. The molecule has 0 bridgehead atoms. The number of nitrogens with one attached hydrogen (secondary N) is 1. The molecule has 12 heteroatoms. The van der Waals surface area contributed by atoms with Crippen LogP contribution in [0.1, 0.15) is 12.0 Å². The van der Waals surface area contributed by atoms with Gasteiger partial charge in [0.1, 0.15) is 11.3 Å². The van der Waals surface area contributed by atoms with Crippen LogP contribution < -0.4 is 16.0 Å². The van der Waals surface area contributed by atoms with Crippen LogP contribution >= 0.6 is 11.6 Å². The number of aromatic hydroxyl groups is 1. The monoisotopic (exact) mass is 525 g/mol. The third-order valence-electron chi connectivity index (χ3n) is 6.56. The number of rotatable bonds is 5. The summed E-state index contributed by atoms with van der Waals surface area (Å²) in [5.41, 5.74) is 4.55. The van der Waals surface area contributed by atoms with Crippen LogP contribution in [-0.2, 0) is 15.8 Å². The number of phenols is 1. The number of hydrogen-bond acceptors (Lipinski definition) is 6. The van der Waals surface area contributed by atoms with Gasteiger partial charge in [0, 0.05) is 55.7 Å². The number of anilines is 2. The number of piperazine rings is 1. The van der Waals surface area contributed by atoms with Crippen molar-refractivity contribution >= 4 is 34.8 Å². The van der Waals surface area contributed by atoms with E-state index < -0.39 is 28.9 Å². The second-order valence-electron chi connectivity index (χ2n) is 9.15. The molecule has 2 aliphatic heterocycles. The van der Waals surface area contributed by atoms with E-state index in [1.54, 1.807) is 9.80 Å². The van der Waals surface area contributed by atoms with Gasteiger partial charge in [-0.15, -0.1) is 0 Å². The minimum atomic E-state index is -4.77. The van der Waals surface area contributed by atoms with Gasteiger partial charge in [0.15, 0.2) is 0 Å². The molecular weight excluding hydrogens is 499 g/mol. The quantitative estimate of drug-likeness (QED) is 0.519. The van der Waals surface area contributed by atoms with E-state index >= 15 is 0 Å². The van der Waals surface area contributed by atoms with Gasteiger partial charge in [-0.2, -0.15) is 13.2 Å². The van der Waals surface area contributed by atoms with Crippen LogP contribution in [-0.4, -0.2) is 78.1 Å². The third kappa shape index (κ3) is 5.85. The number of halogens is 4. The summed E-state index contributed by atoms with van der Waals surface area (Å²) in [6, 6.07) is 10.3. The lowest BCUT2D eigenvalue weighted by Crippen LogP contribution is -2.54. The molecule has 4 rings (SSSR count). The number of amides is 2. The lowest BCUT2D eigenvalue weighted by molar-refractivity contribution is -0.138. The van der Waals surface area contributed by atoms with Crippen LogP contribution in [0.4, 0.5) is 24.5 Å². The summed E-state index contributed by atoms with van der Waals surface area (Å²) < 4.78 is 39.1. The van der Waals surface area contributed by atoms with Gasteiger partial charge in [-0.05, 0) is 42.8 Å². The Morgan fingerprint density at radius 2 is 1.81 bits per heavy atom. The molecule has 0 aromatic heterocycles. The molecule has 2 fully saturated rings. The zero-order valence-electron chi connectivity index (χ0n) is 19.4. The Morgan fingerprint density at radius 1 is 1.08 bits per heavy atom. The predicted molar refractivity (Wildman–Crippen MR) is 130 cm³/mol. The first-order valence-corrected chi connectivity index (χ1v) is 11.8. The Hall–Kier alpha value is -3.02. The van der Waals surface area contributed by atoms with E-state index in [0.29, 0.717) is 43.8 Å². The average molecular weight is 526 g/mol. The van der Waals surface area contributed by atoms with Crippen molar-refractivity contribution in [2.45, 2.75) is 18.1 Å². The Labute approximate surface area is 211 Å². The standard InChI is InChI=1S/C24H27ClF3N5O3/c25-16-2-1-3-18(12-16)32-8-10-33(11-9-32)21(35)14-31-7-6-23(29,15-31)22(36)30-17-4-5-20(34)19(13-17)24(26,27)28/h1-5,12-13,34H,6-11,14-15,29H2,(H,30,36). The van der Waals surface area contributed by atoms with E-state index in [2.05, 4.69) is 10.2 Å². The molecule has 2 heterocycles. The molecule has 2 saturated heterocycles. The van der Waals surface area contributed by atoms with Gasteiger partial charge in [0.2, 0.25) is 11.8 Å². The second kappa shape index (κ2) is 10.2. The summed E-state index contributed by atoms with van der Waals surface area (Å²) >= 11 is 6.07. The van der Waals surface area contributed by atoms with E-state index in [9.17, 15) is 27.9 Å². The molecule has 2 aromatic carbocycles. The van der Waals surface area contributed by atoms with Gasteiger partial charge in [-0.3, -0.25) is 14.5 Å². The molecule has 4 N–H and O–H groups in total. The maximum atomic E-state index is 13.0. The van der Waals surface area contributed by atoms with Gasteiger partial charge >= 0.3 is 6.18 Å². The van der Waals surface area contributed by atoms with E-state index in [1.165, 1.54) is 6.07 Å². The number of phenolic OH excluding ortho intramolecular Hbond substituents is 1. The molecule has 0 aliphatic carbocycles. The van der Waals surface area contributed by atoms with Crippen molar-refractivity contribution < 1.29 is 27.9 Å². The first-order valence-electron chi connectivity index (χ1n) is 11.5. The zero-order valence-corrected chi connectivity index (χ0v) is 20.1. The fourth-order valence-corrected chi connectivity index (χ4v) is 4.69. The van der Waals surface area contributed by atoms with Gasteiger partial charge in [0.05, 0.1) is 12.1 Å². The van der Waals surface area contributed by atoms with Gasteiger partial charge in [-0.25, -0.2) is 0 Å². The smallest absolute Gasteiger partial charge is 0.420 e. The first-order chi connectivity index (χ1) is 16.9. The lowest BCUT2D eigenvalue weighted by Gasteiger charge is -2.37. The van der Waals surface area contributed by atoms with Crippen molar-refractivity contribution in [1.82, 2.24) is 9.80 Å². The Kier molecular flexibility index (Phi) is 7.35. The predicted octanol–water partition coefficient (Wildman–Crippen LogP) is 2.75. The molecule has 2 aromatic rings. The minimum absolute atomic E-state index is 0.0706. The summed E-state index contributed by atoms with van der Waals surface area (Å²) in [7, 11) is 0. The number of carbonyl (C=O) groups is 2. The van der Waals surface area contributed by atoms with Crippen molar-refractivity contribution in [2.24, 2.45) is 5.73 Å². The molecular formula is C24H27ClF3N5O3. The maximum Gasteiger partial charge on any atom is 0.420 e. The van der Waals surface area contributed by atoms with Crippen molar-refractivity contribution in [3.8, 4) is 5.75 Å². The number of nitrogens with zero attached hydrogens (tertiary/aromatic N) is 3. The van der Waals surface area contributed by atoms with Gasteiger partial charge in [-0.1, -0.05) is 17.7 Å². The topological polar surface area (TPSA) is 102 Å². The molecule has 0 radical (unpaired) electrons. The van der Waals surface area contributed by atoms with Crippen LogP contribution in [0.2, 0.25) is 5.02 Å². The average Bonchev–Trinajstić information content (AvgIpc) is 3.21. The molecule has 1 atom stereocenters. The molecule has 1 unspecified atom stereocenters. The van der Waals surface area contributed by atoms with E-state index in [1.807, 2.05) is 24.3 Å². The van der Waals surface area contributed by atoms with Crippen LogP contribution in [0.15, 0.2) is 42.5 Å². The van der Waals surface area contributed by atoms with Crippen LogP contribution in [0.25, 0.3) is 0 Å². The summed E-state index contributed by atoms with van der Waals surface area (Å²) in [5.74, 6) is -1.65. The molecule has 2 aliphatic rings. The Bertz CT molecular complexity index is 1140. The minimum Gasteiger partial charge on any atom is -0.507 e. The van der Waals surface area contributed by atoms with Crippen LogP contribution in [0.5, 0.6) is 5.75 Å². The SMILES string of the molecule is NC1(C(=O)Nc2ccc(O)c(C(F)(F)F)c2)CCN(CC(=O)N2CCN(c3cccc(Cl)c3)CC2)C1. The fourth-order valence-electron chi connectivity index (χ4n) is 4.51. The highest BCUT2D eigenvalue weighted by Crippen LogP contribution is 2.37. The number of benzene rings is 2. The summed E-state index contributed by atoms with van der Waals surface area (Å²) in [6.07, 6.45) is -4.52. The fraction of sp³-hybridized carbons (Fsp3) is 0.417. The van der Waals surface area contributed by atoms with Gasteiger partial charge < -0.3 is 26.0 Å². The summed E-state index contributed by atoms with van der Waals surface area (Å²) in [5, 5.41) is 12.5. The molecule has 36 heavy (non-hydrogen) atoms. The lowest BCUT2D eigenvalue weighted by atomic mass is 9.99. The zero-order chi connectivity index (χ0) is 26.1. The van der Waals surface area contributed by atoms with Crippen LogP contribution in [0, 0.1) is 0 Å². The number of hydrogen-bond donors (Lipinski definition) is 3. The van der Waals surface area contributed by atoms with Crippen molar-refractivity contribution in [2.75, 3.05) is 56.0 Å². The highest BCUT2D eigenvalue weighted by molar-refractivity contribution is 6.30. The summed E-state index contributed by atoms with van der Waals surface area (Å²) in [4.78, 5) is 31.4. The molecule has 0 saturated carbocycles. The van der Waals surface area contributed by atoms with Crippen LogP contribution in [0.3, 0.4) is 0 Å². The number of alkyl halides is 3. The Balaban J connectivity index is 1.30. The molecule has 194 valence electrons. The number of carbonyl (C=O) groups excluding carboxylic acids is 2. The third-order valence-corrected chi connectivity index (χ3v) is 6.79. The van der Waals surface area contributed by atoms with Crippen molar-refractivity contribution in [1.29, 1.82) is 0 Å². The van der Waals surface area contributed by atoms with Crippen molar-refractivity contribution in [3.05, 3.63) is 53.1 Å². The molecule has 2 amide bonds. The highest BCUT2D eigenvalue weighted by Gasteiger charge is 2.42. The molecule has 0 spiro atoms. The number of nitrogens with two attached hydrogens (primary N) is 1. The largest absolute Gasteiger partial charge is 0.507 e. The second-order valence-corrected chi connectivity index (χ2v) is 9.58. The molecule has 8 nitrogen and oxygen atoms in total. The first kappa shape index (κ1) is 26.1. The normalized spacial score (nSPS) is 21.0. The van der Waals surface area contributed by atoms with E-state index in [0.717, 1.165) is 11.8 Å². The summed E-state index contributed by atoms with van der Waals surface area (Å²) in [6.45, 7) is 3.04. The van der Waals surface area contributed by atoms with Gasteiger partial charge in [0.25, 0.3) is 0 Å².